The van der Waals surface area contributed by atoms with Crippen molar-refractivity contribution in [2.24, 2.45) is 0 Å². The van der Waals surface area contributed by atoms with E-state index in [4.69, 9.17) is 9.05 Å². The highest BCUT2D eigenvalue weighted by Crippen LogP contribution is 2.43. The van der Waals surface area contributed by atoms with Gasteiger partial charge in [0.05, 0.1) is 39.9 Å². The van der Waals surface area contributed by atoms with Crippen LogP contribution in [-0.4, -0.2) is 84.6 Å². The molecule has 0 aliphatic rings. The first-order valence-electron chi connectivity index (χ1n) is 20.8. The summed E-state index contributed by atoms with van der Waals surface area (Å²) in [5, 5.41) is 24.6. The van der Waals surface area contributed by atoms with Gasteiger partial charge in [-0.25, -0.2) is 4.57 Å². The van der Waals surface area contributed by atoms with Crippen LogP contribution in [0.2, 0.25) is 0 Å². The highest BCUT2D eigenvalue weighted by atomic mass is 31.2. The number of nitrogens with zero attached hydrogens (tertiary/aromatic N) is 1. The number of rotatable bonds is 37. The summed E-state index contributed by atoms with van der Waals surface area (Å²) < 4.78 is 23.4. The summed E-state index contributed by atoms with van der Waals surface area (Å²) in [5.41, 5.74) is 0. The first kappa shape index (κ1) is 49.9. The third-order valence-corrected chi connectivity index (χ3v) is 10.3. The summed E-state index contributed by atoms with van der Waals surface area (Å²) in [7, 11) is 1.42. The van der Waals surface area contributed by atoms with Gasteiger partial charge in [0.1, 0.15) is 19.3 Å². The lowest BCUT2D eigenvalue weighted by molar-refractivity contribution is -0.870. The molecule has 302 valence electrons. The smallest absolute Gasteiger partial charge is 0.390 e. The quantitative estimate of drug-likeness (QED) is 0.0216. The SMILES string of the molecule is CCCCC/C=C\C/C=C\CCCCCCCC(=O)NC(COP(=O)(O)OCC[N+](C)(C)C)C(O)C(O)CCCCCCCCCCCCCC. The lowest BCUT2D eigenvalue weighted by atomic mass is 9.99. The number of hydrogen-bond donors (Lipinski definition) is 4. The van der Waals surface area contributed by atoms with Crippen molar-refractivity contribution < 1.29 is 38.0 Å². The van der Waals surface area contributed by atoms with Gasteiger partial charge >= 0.3 is 7.82 Å². The molecular formula is C41H82N2O7P+. The Labute approximate surface area is 314 Å². The molecule has 4 atom stereocenters. The maximum Gasteiger partial charge on any atom is 0.472 e. The van der Waals surface area contributed by atoms with E-state index in [1.165, 1.54) is 83.5 Å². The van der Waals surface area contributed by atoms with Crippen molar-refractivity contribution in [1.82, 2.24) is 5.32 Å². The van der Waals surface area contributed by atoms with Crippen LogP contribution in [0, 0.1) is 0 Å². The van der Waals surface area contributed by atoms with E-state index in [2.05, 4.69) is 43.5 Å². The van der Waals surface area contributed by atoms with Crippen LogP contribution in [0.25, 0.3) is 0 Å². The second-order valence-electron chi connectivity index (χ2n) is 15.5. The third kappa shape index (κ3) is 34.5. The van der Waals surface area contributed by atoms with Gasteiger partial charge in [0.25, 0.3) is 0 Å². The zero-order valence-corrected chi connectivity index (χ0v) is 34.6. The molecular weight excluding hydrogens is 663 g/mol. The number of likely N-dealkylation sites (N-methyl/N-ethyl adjacent to an activating group) is 1. The minimum atomic E-state index is -4.41. The molecule has 0 aromatic carbocycles. The average molecular weight is 746 g/mol. The Hall–Kier alpha value is -1.06. The number of nitrogens with one attached hydrogen (secondary N) is 1. The van der Waals surface area contributed by atoms with Crippen LogP contribution in [0.5, 0.6) is 0 Å². The van der Waals surface area contributed by atoms with Crippen molar-refractivity contribution in [3.8, 4) is 0 Å². The van der Waals surface area contributed by atoms with Crippen LogP contribution < -0.4 is 5.32 Å². The fourth-order valence-electron chi connectivity index (χ4n) is 5.88. The average Bonchev–Trinajstić information content (AvgIpc) is 3.07. The number of aliphatic hydroxyl groups is 2. The monoisotopic (exact) mass is 746 g/mol. The Morgan fingerprint density at radius 3 is 1.71 bits per heavy atom. The van der Waals surface area contributed by atoms with E-state index in [0.717, 1.165) is 57.8 Å². The van der Waals surface area contributed by atoms with E-state index in [-0.39, 0.29) is 18.9 Å². The summed E-state index contributed by atoms with van der Waals surface area (Å²) in [6, 6.07) is -1.04. The predicted octanol–water partition coefficient (Wildman–Crippen LogP) is 9.94. The van der Waals surface area contributed by atoms with Crippen LogP contribution >= 0.6 is 7.82 Å². The molecule has 0 spiro atoms. The Balaban J connectivity index is 4.59. The molecule has 9 nitrogen and oxygen atoms in total. The van der Waals surface area contributed by atoms with Gasteiger partial charge in [0.15, 0.2) is 0 Å². The number of hydrogen-bond acceptors (Lipinski definition) is 6. The zero-order chi connectivity index (χ0) is 38.1. The van der Waals surface area contributed by atoms with Gasteiger partial charge in [-0.1, -0.05) is 147 Å². The van der Waals surface area contributed by atoms with Crippen molar-refractivity contribution in [2.75, 3.05) is 40.9 Å². The second-order valence-corrected chi connectivity index (χ2v) is 17.0. The molecule has 4 N–H and O–H groups in total. The molecule has 0 aromatic rings. The first-order valence-corrected chi connectivity index (χ1v) is 22.3. The van der Waals surface area contributed by atoms with E-state index < -0.39 is 32.7 Å². The lowest BCUT2D eigenvalue weighted by Crippen LogP contribution is -2.51. The Kier molecular flexibility index (Phi) is 32.8. The molecule has 0 rings (SSSR count). The maximum absolute atomic E-state index is 12.9. The summed E-state index contributed by atoms with van der Waals surface area (Å²) in [5.74, 6) is -0.274. The predicted molar refractivity (Wildman–Crippen MR) is 214 cm³/mol. The molecule has 0 saturated heterocycles. The summed E-state index contributed by atoms with van der Waals surface area (Å²) in [6.07, 6.45) is 33.7. The lowest BCUT2D eigenvalue weighted by Gasteiger charge is -2.28. The molecule has 0 aliphatic heterocycles. The normalized spacial score (nSPS) is 15.4. The van der Waals surface area contributed by atoms with Crippen LogP contribution in [0.1, 0.15) is 174 Å². The Bertz CT molecular complexity index is 909. The maximum atomic E-state index is 12.9. The number of phosphoric acid groups is 1. The standard InChI is InChI=1S/C41H81N2O7P/c1-6-8-10-12-14-16-18-20-21-22-24-26-28-30-32-34-40(45)42-38(37-50-51(47,48)49-36-35-43(3,4)5)41(46)39(44)33-31-29-27-25-23-19-17-15-13-11-9-7-2/h14,16,20-21,38-39,41,44,46H,6-13,15,17-19,22-37H2,1-5H3,(H-,42,45,47,48)/p+1/b16-14-,21-20-. The fraction of sp³-hybridized carbons (Fsp3) is 0.878. The number of quaternary nitrogens is 1. The van der Waals surface area contributed by atoms with E-state index >= 15 is 0 Å². The molecule has 0 aliphatic carbocycles. The number of phosphoric ester groups is 1. The largest absolute Gasteiger partial charge is 0.472 e. The molecule has 4 unspecified atom stereocenters. The van der Waals surface area contributed by atoms with E-state index in [9.17, 15) is 24.5 Å². The highest BCUT2D eigenvalue weighted by Gasteiger charge is 2.31. The molecule has 1 amide bonds. The Morgan fingerprint density at radius 2 is 1.16 bits per heavy atom. The summed E-state index contributed by atoms with van der Waals surface area (Å²) >= 11 is 0. The molecule has 51 heavy (non-hydrogen) atoms. The molecule has 0 bridgehead atoms. The van der Waals surface area contributed by atoms with Gasteiger partial charge < -0.3 is 24.9 Å². The first-order chi connectivity index (χ1) is 24.4. The van der Waals surface area contributed by atoms with Crippen molar-refractivity contribution >= 4 is 13.7 Å². The molecule has 0 fully saturated rings. The second kappa shape index (κ2) is 33.5. The number of amides is 1. The zero-order valence-electron chi connectivity index (χ0n) is 33.7. The van der Waals surface area contributed by atoms with Crippen LogP contribution in [0.3, 0.4) is 0 Å². The highest BCUT2D eigenvalue weighted by molar-refractivity contribution is 7.47. The number of aliphatic hydroxyl groups excluding tert-OH is 2. The van der Waals surface area contributed by atoms with Crippen molar-refractivity contribution in [3.05, 3.63) is 24.3 Å². The van der Waals surface area contributed by atoms with Crippen molar-refractivity contribution in [2.45, 2.75) is 193 Å². The van der Waals surface area contributed by atoms with Crippen molar-refractivity contribution in [1.29, 1.82) is 0 Å². The van der Waals surface area contributed by atoms with E-state index in [1.54, 1.807) is 0 Å². The van der Waals surface area contributed by atoms with Crippen molar-refractivity contribution in [3.63, 3.8) is 0 Å². The van der Waals surface area contributed by atoms with E-state index in [0.29, 0.717) is 23.9 Å². The van der Waals surface area contributed by atoms with Crippen LogP contribution in [0.4, 0.5) is 0 Å². The third-order valence-electron chi connectivity index (χ3n) is 9.29. The fourth-order valence-corrected chi connectivity index (χ4v) is 6.61. The topological polar surface area (TPSA) is 125 Å². The number of unbranched alkanes of at least 4 members (excludes halogenated alkanes) is 19. The minimum Gasteiger partial charge on any atom is -0.390 e. The van der Waals surface area contributed by atoms with Crippen LogP contribution in [-0.2, 0) is 18.4 Å². The number of carbonyl (C=O) groups is 1. The summed E-state index contributed by atoms with van der Waals surface area (Å²) in [4.78, 5) is 23.1. The molecule has 0 aromatic heterocycles. The van der Waals surface area contributed by atoms with Gasteiger partial charge in [0, 0.05) is 6.42 Å². The molecule has 0 radical (unpaired) electrons. The number of carbonyl (C=O) groups excluding carboxylic acids is 1. The van der Waals surface area contributed by atoms with Gasteiger partial charge in [0.2, 0.25) is 5.91 Å². The van der Waals surface area contributed by atoms with E-state index in [1.807, 2.05) is 21.1 Å². The minimum absolute atomic E-state index is 0.0191. The van der Waals surface area contributed by atoms with Gasteiger partial charge in [-0.2, -0.15) is 0 Å². The molecule has 0 heterocycles. The van der Waals surface area contributed by atoms with Gasteiger partial charge in [-0.15, -0.1) is 0 Å². The van der Waals surface area contributed by atoms with Gasteiger partial charge in [-0.3, -0.25) is 13.8 Å². The summed E-state index contributed by atoms with van der Waals surface area (Å²) in [6.45, 7) is 4.55. The number of allylic oxidation sites excluding steroid dienone is 4. The molecule has 10 heteroatoms. The van der Waals surface area contributed by atoms with Crippen LogP contribution in [0.15, 0.2) is 24.3 Å². The molecule has 0 saturated carbocycles. The van der Waals surface area contributed by atoms with Gasteiger partial charge in [-0.05, 0) is 44.9 Å². The Morgan fingerprint density at radius 1 is 0.686 bits per heavy atom.